The fourth-order valence-corrected chi connectivity index (χ4v) is 4.67. The van der Waals surface area contributed by atoms with E-state index in [1.807, 2.05) is 0 Å². The van der Waals surface area contributed by atoms with Gasteiger partial charge in [0.1, 0.15) is 5.75 Å². The number of hydrogen-bond acceptors (Lipinski definition) is 5. The van der Waals surface area contributed by atoms with Crippen molar-refractivity contribution >= 4 is 27.2 Å². The van der Waals surface area contributed by atoms with Crippen molar-refractivity contribution < 1.29 is 35.9 Å². The summed E-state index contributed by atoms with van der Waals surface area (Å²) in [6.07, 6.45) is -4.34. The number of amides is 1. The van der Waals surface area contributed by atoms with E-state index in [9.17, 15) is 26.4 Å². The Kier molecular flexibility index (Phi) is 7.77. The molecule has 33 heavy (non-hydrogen) atoms. The second-order valence-corrected chi connectivity index (χ2v) is 8.96. The number of nitrogens with zero attached hydrogens (tertiary/aromatic N) is 1. The number of ether oxygens (including phenoxy) is 2. The minimum absolute atomic E-state index is 0.0537. The van der Waals surface area contributed by atoms with E-state index in [1.165, 1.54) is 46.8 Å². The molecule has 1 aliphatic rings. The number of anilines is 1. The normalized spacial score (nSPS) is 15.8. The Labute approximate surface area is 189 Å². The molecule has 1 N–H and O–H groups in total. The molecule has 1 heterocycles. The highest BCUT2D eigenvalue weighted by atomic mass is 32.2. The lowest BCUT2D eigenvalue weighted by Crippen LogP contribution is -2.40. The fourth-order valence-electron chi connectivity index (χ4n) is 3.23. The van der Waals surface area contributed by atoms with Crippen LogP contribution in [0.3, 0.4) is 0 Å². The standard InChI is InChI=1S/C22H23F3N2O5S/c1-2-32-20-9-8-17(33(29,30)27-10-12-31-13-11-27)14-19(20)26-21(28)15-18(22(23,24)25)16-6-4-3-5-7-16/h3-9,14-15H,2,10-13H2,1H3,(H,26,28)/b18-15-. The Morgan fingerprint density at radius 1 is 1.15 bits per heavy atom. The van der Waals surface area contributed by atoms with Gasteiger partial charge in [0.05, 0.1) is 36.0 Å². The largest absolute Gasteiger partial charge is 0.492 e. The van der Waals surface area contributed by atoms with E-state index in [-0.39, 0.29) is 54.8 Å². The summed E-state index contributed by atoms with van der Waals surface area (Å²) >= 11 is 0. The van der Waals surface area contributed by atoms with Crippen molar-refractivity contribution in [2.45, 2.75) is 18.0 Å². The van der Waals surface area contributed by atoms with Crippen molar-refractivity contribution in [2.24, 2.45) is 0 Å². The first-order chi connectivity index (χ1) is 15.6. The SMILES string of the molecule is CCOc1ccc(S(=O)(=O)N2CCOCC2)cc1NC(=O)/C=C(/c1ccccc1)C(F)(F)F. The van der Waals surface area contributed by atoms with Gasteiger partial charge in [0.25, 0.3) is 0 Å². The first kappa shape index (κ1) is 24.7. The van der Waals surface area contributed by atoms with Gasteiger partial charge in [-0.3, -0.25) is 4.79 Å². The van der Waals surface area contributed by atoms with Crippen LogP contribution in [0.2, 0.25) is 0 Å². The van der Waals surface area contributed by atoms with Crippen molar-refractivity contribution in [3.63, 3.8) is 0 Å². The van der Waals surface area contributed by atoms with Crippen LogP contribution >= 0.6 is 0 Å². The predicted molar refractivity (Wildman–Crippen MR) is 116 cm³/mol. The average molecular weight is 484 g/mol. The molecule has 0 atom stereocenters. The molecule has 2 aromatic rings. The Balaban J connectivity index is 1.94. The van der Waals surface area contributed by atoms with E-state index in [0.717, 1.165) is 0 Å². The average Bonchev–Trinajstić information content (AvgIpc) is 2.79. The van der Waals surface area contributed by atoms with Gasteiger partial charge in [-0.25, -0.2) is 8.42 Å². The van der Waals surface area contributed by atoms with Crippen molar-refractivity contribution in [3.05, 3.63) is 60.2 Å². The summed E-state index contributed by atoms with van der Waals surface area (Å²) < 4.78 is 78.4. The summed E-state index contributed by atoms with van der Waals surface area (Å²) in [5.41, 5.74) is -1.36. The smallest absolute Gasteiger partial charge is 0.417 e. The second-order valence-electron chi connectivity index (χ2n) is 7.02. The lowest BCUT2D eigenvalue weighted by Gasteiger charge is -2.26. The molecule has 0 spiro atoms. The van der Waals surface area contributed by atoms with E-state index in [0.29, 0.717) is 6.08 Å². The highest BCUT2D eigenvalue weighted by molar-refractivity contribution is 7.89. The van der Waals surface area contributed by atoms with Gasteiger partial charge in [-0.05, 0) is 30.7 Å². The lowest BCUT2D eigenvalue weighted by atomic mass is 10.1. The molecule has 3 rings (SSSR count). The maximum atomic E-state index is 13.6. The maximum absolute atomic E-state index is 13.6. The quantitative estimate of drug-likeness (QED) is 0.606. The van der Waals surface area contributed by atoms with Crippen LogP contribution in [0.4, 0.5) is 18.9 Å². The van der Waals surface area contributed by atoms with Gasteiger partial charge in [0.2, 0.25) is 15.9 Å². The Morgan fingerprint density at radius 3 is 2.42 bits per heavy atom. The molecule has 1 aliphatic heterocycles. The molecule has 1 amide bonds. The predicted octanol–water partition coefficient (Wildman–Crippen LogP) is 3.69. The van der Waals surface area contributed by atoms with Gasteiger partial charge in [0.15, 0.2) is 0 Å². The van der Waals surface area contributed by atoms with E-state index in [2.05, 4.69) is 5.32 Å². The molecule has 0 bridgehead atoms. The molecule has 1 fully saturated rings. The van der Waals surface area contributed by atoms with Gasteiger partial charge in [-0.1, -0.05) is 30.3 Å². The van der Waals surface area contributed by atoms with Crippen molar-refractivity contribution in [3.8, 4) is 5.75 Å². The molecular formula is C22H23F3N2O5S. The molecule has 11 heteroatoms. The monoisotopic (exact) mass is 484 g/mol. The van der Waals surface area contributed by atoms with Crippen LogP contribution in [0.1, 0.15) is 12.5 Å². The summed E-state index contributed by atoms with van der Waals surface area (Å²) in [5, 5.41) is 2.34. The first-order valence-electron chi connectivity index (χ1n) is 10.1. The molecule has 0 saturated carbocycles. The van der Waals surface area contributed by atoms with E-state index >= 15 is 0 Å². The van der Waals surface area contributed by atoms with Gasteiger partial charge < -0.3 is 14.8 Å². The number of halogens is 3. The molecule has 0 aromatic heterocycles. The third-order valence-corrected chi connectivity index (χ3v) is 6.68. The van der Waals surface area contributed by atoms with E-state index in [1.54, 1.807) is 13.0 Å². The van der Waals surface area contributed by atoms with Gasteiger partial charge in [-0.2, -0.15) is 17.5 Å². The van der Waals surface area contributed by atoms with Crippen molar-refractivity contribution in [1.82, 2.24) is 4.31 Å². The summed E-state index contributed by atoms with van der Waals surface area (Å²) in [6, 6.07) is 10.8. The van der Waals surface area contributed by atoms with Crippen molar-refractivity contribution in [2.75, 3.05) is 38.2 Å². The second kappa shape index (κ2) is 10.4. The van der Waals surface area contributed by atoms with E-state index in [4.69, 9.17) is 9.47 Å². The number of benzene rings is 2. The third-order valence-electron chi connectivity index (χ3n) is 4.78. The van der Waals surface area contributed by atoms with E-state index < -0.39 is 27.7 Å². The van der Waals surface area contributed by atoms with Crippen LogP contribution < -0.4 is 10.1 Å². The number of sulfonamides is 1. The molecule has 0 radical (unpaired) electrons. The van der Waals surface area contributed by atoms with Crippen LogP contribution in [-0.2, 0) is 19.6 Å². The van der Waals surface area contributed by atoms with Crippen LogP contribution in [0.5, 0.6) is 5.75 Å². The van der Waals surface area contributed by atoms with Gasteiger partial charge in [-0.15, -0.1) is 0 Å². The third kappa shape index (κ3) is 6.12. The summed E-state index contributed by atoms with van der Waals surface area (Å²) in [4.78, 5) is 12.4. The zero-order valence-electron chi connectivity index (χ0n) is 17.8. The number of alkyl halides is 3. The number of nitrogens with one attached hydrogen (secondary N) is 1. The molecule has 1 saturated heterocycles. The molecule has 0 aliphatic carbocycles. The van der Waals surface area contributed by atoms with Crippen LogP contribution in [0, 0.1) is 0 Å². The Morgan fingerprint density at radius 2 is 1.82 bits per heavy atom. The Bertz CT molecular complexity index is 1110. The highest BCUT2D eigenvalue weighted by Crippen LogP contribution is 2.34. The number of hydrogen-bond donors (Lipinski definition) is 1. The topological polar surface area (TPSA) is 84.9 Å². The fraction of sp³-hybridized carbons (Fsp3) is 0.318. The zero-order chi connectivity index (χ0) is 24.1. The first-order valence-corrected chi connectivity index (χ1v) is 11.6. The molecular weight excluding hydrogens is 461 g/mol. The van der Waals surface area contributed by atoms with Crippen LogP contribution in [-0.4, -0.2) is 57.7 Å². The number of allylic oxidation sites excluding steroid dienone is 1. The summed E-state index contributed by atoms with van der Waals surface area (Å²) in [7, 11) is -3.89. The van der Waals surface area contributed by atoms with Crippen molar-refractivity contribution in [1.29, 1.82) is 0 Å². The maximum Gasteiger partial charge on any atom is 0.417 e. The van der Waals surface area contributed by atoms with Gasteiger partial charge in [0, 0.05) is 19.2 Å². The van der Waals surface area contributed by atoms with Gasteiger partial charge >= 0.3 is 6.18 Å². The number of morpholine rings is 1. The molecule has 7 nitrogen and oxygen atoms in total. The number of rotatable bonds is 7. The summed E-state index contributed by atoms with van der Waals surface area (Å²) in [5.74, 6) is -0.943. The minimum atomic E-state index is -4.77. The highest BCUT2D eigenvalue weighted by Gasteiger charge is 2.35. The minimum Gasteiger partial charge on any atom is -0.492 e. The Hall–Kier alpha value is -2.89. The van der Waals surface area contributed by atoms with Crippen LogP contribution in [0.15, 0.2) is 59.5 Å². The lowest BCUT2D eigenvalue weighted by molar-refractivity contribution is -0.112. The zero-order valence-corrected chi connectivity index (χ0v) is 18.6. The molecule has 0 unspecified atom stereocenters. The summed E-state index contributed by atoms with van der Waals surface area (Å²) in [6.45, 7) is 2.74. The number of carbonyl (C=O) groups is 1. The number of carbonyl (C=O) groups excluding carboxylic acids is 1. The molecule has 2 aromatic carbocycles. The van der Waals surface area contributed by atoms with Crippen LogP contribution in [0.25, 0.3) is 5.57 Å². The molecule has 178 valence electrons.